The number of hydrogen-bond donors (Lipinski definition) is 1. The molecule has 2 aromatic carbocycles. The maximum absolute atomic E-state index is 13.3. The highest BCUT2D eigenvalue weighted by molar-refractivity contribution is 6.00. The Morgan fingerprint density at radius 2 is 1.93 bits per heavy atom. The molecule has 1 N–H and O–H groups in total. The predicted molar refractivity (Wildman–Crippen MR) is 105 cm³/mol. The Bertz CT molecular complexity index is 1120. The van der Waals surface area contributed by atoms with Crippen LogP contribution < -0.4 is 10.1 Å². The number of halogens is 1. The lowest BCUT2D eigenvalue weighted by Crippen LogP contribution is -2.33. The van der Waals surface area contributed by atoms with Crippen LogP contribution in [0.25, 0.3) is 0 Å². The third-order valence-corrected chi connectivity index (χ3v) is 5.64. The van der Waals surface area contributed by atoms with Crippen LogP contribution in [0, 0.1) is 5.82 Å². The molecule has 0 spiro atoms. The van der Waals surface area contributed by atoms with Crippen molar-refractivity contribution in [2.45, 2.75) is 24.8 Å². The van der Waals surface area contributed by atoms with E-state index >= 15 is 0 Å². The molecular weight excluding hydrogens is 371 g/mol. The minimum Gasteiger partial charge on any atom is -0.496 e. The highest BCUT2D eigenvalue weighted by Gasteiger charge is 2.40. The predicted octanol–water partition coefficient (Wildman–Crippen LogP) is 3.84. The number of fused-ring (bicyclic) bond motifs is 1. The summed E-state index contributed by atoms with van der Waals surface area (Å²) in [4.78, 5) is 17.6. The molecule has 1 aliphatic heterocycles. The van der Waals surface area contributed by atoms with Gasteiger partial charge in [0.15, 0.2) is 5.78 Å². The number of para-hydroxylation sites is 1. The maximum Gasteiger partial charge on any atom is 0.226 e. The monoisotopic (exact) mass is 390 g/mol. The Labute approximate surface area is 167 Å². The van der Waals surface area contributed by atoms with Gasteiger partial charge in [0.05, 0.1) is 7.11 Å². The molecule has 2 aliphatic rings. The molecule has 146 valence electrons. The van der Waals surface area contributed by atoms with Crippen molar-refractivity contribution in [3.63, 3.8) is 0 Å². The first-order valence-corrected chi connectivity index (χ1v) is 9.47. The Kier molecular flexibility index (Phi) is 4.16. The van der Waals surface area contributed by atoms with Gasteiger partial charge in [0.1, 0.15) is 23.9 Å². The fourth-order valence-corrected chi connectivity index (χ4v) is 4.30. The van der Waals surface area contributed by atoms with E-state index in [0.29, 0.717) is 30.1 Å². The summed E-state index contributed by atoms with van der Waals surface area (Å²) in [6.45, 7) is 0. The van der Waals surface area contributed by atoms with Crippen molar-refractivity contribution in [3.05, 3.63) is 83.1 Å². The molecular formula is C22H19FN4O2. The SMILES string of the molecule is COc1ccccc1C1C2=C(CC(c3ccc(F)cc3)CC2=O)Nc2ncnn21. The number of benzene rings is 2. The van der Waals surface area contributed by atoms with E-state index in [0.717, 1.165) is 16.8 Å². The highest BCUT2D eigenvalue weighted by Crippen LogP contribution is 2.45. The quantitative estimate of drug-likeness (QED) is 0.736. The second-order valence-electron chi connectivity index (χ2n) is 7.27. The van der Waals surface area contributed by atoms with Crippen LogP contribution in [0.3, 0.4) is 0 Å². The summed E-state index contributed by atoms with van der Waals surface area (Å²) < 4.78 is 20.6. The molecule has 2 unspecified atom stereocenters. The topological polar surface area (TPSA) is 69.0 Å². The maximum atomic E-state index is 13.3. The van der Waals surface area contributed by atoms with Crippen molar-refractivity contribution in [1.29, 1.82) is 0 Å². The third kappa shape index (κ3) is 2.90. The van der Waals surface area contributed by atoms with Crippen molar-refractivity contribution in [1.82, 2.24) is 14.8 Å². The summed E-state index contributed by atoms with van der Waals surface area (Å²) in [6.07, 6.45) is 2.48. The van der Waals surface area contributed by atoms with E-state index in [9.17, 15) is 9.18 Å². The number of carbonyl (C=O) groups excluding carboxylic acids is 1. The van der Waals surface area contributed by atoms with E-state index < -0.39 is 6.04 Å². The van der Waals surface area contributed by atoms with E-state index in [4.69, 9.17) is 4.74 Å². The van der Waals surface area contributed by atoms with Gasteiger partial charge in [-0.2, -0.15) is 10.1 Å². The van der Waals surface area contributed by atoms with Crippen LogP contribution in [0.15, 0.2) is 66.1 Å². The van der Waals surface area contributed by atoms with Crippen LogP contribution in [-0.4, -0.2) is 27.7 Å². The van der Waals surface area contributed by atoms with Crippen molar-refractivity contribution in [3.8, 4) is 5.75 Å². The normalized spacial score (nSPS) is 20.7. The summed E-state index contributed by atoms with van der Waals surface area (Å²) in [5, 5.41) is 7.65. The van der Waals surface area contributed by atoms with E-state index in [1.165, 1.54) is 18.5 Å². The van der Waals surface area contributed by atoms with Gasteiger partial charge < -0.3 is 10.1 Å². The molecule has 0 amide bonds. The number of nitrogens with zero attached hydrogens (tertiary/aromatic N) is 3. The Hall–Kier alpha value is -3.48. The van der Waals surface area contributed by atoms with Crippen LogP contribution in [-0.2, 0) is 4.79 Å². The number of aromatic nitrogens is 3. The number of carbonyl (C=O) groups is 1. The molecule has 2 heterocycles. The Morgan fingerprint density at radius 1 is 1.14 bits per heavy atom. The van der Waals surface area contributed by atoms with E-state index in [1.54, 1.807) is 23.9 Å². The molecule has 7 heteroatoms. The number of ether oxygens (including phenoxy) is 1. The van der Waals surface area contributed by atoms with Gasteiger partial charge in [-0.1, -0.05) is 30.3 Å². The second kappa shape index (κ2) is 6.84. The summed E-state index contributed by atoms with van der Waals surface area (Å²) in [7, 11) is 1.62. The number of nitrogens with one attached hydrogen (secondary N) is 1. The molecule has 0 saturated heterocycles. The number of anilines is 1. The minimum absolute atomic E-state index is 0.0119. The number of allylic oxidation sites excluding steroid dienone is 2. The lowest BCUT2D eigenvalue weighted by atomic mass is 9.78. The average Bonchev–Trinajstić information content (AvgIpc) is 3.21. The molecule has 1 aliphatic carbocycles. The van der Waals surface area contributed by atoms with E-state index in [-0.39, 0.29) is 17.5 Å². The van der Waals surface area contributed by atoms with Gasteiger partial charge in [0.25, 0.3) is 0 Å². The summed E-state index contributed by atoms with van der Waals surface area (Å²) in [5.41, 5.74) is 3.34. The smallest absolute Gasteiger partial charge is 0.226 e. The lowest BCUT2D eigenvalue weighted by Gasteiger charge is -2.35. The molecule has 6 nitrogen and oxygen atoms in total. The molecule has 1 aromatic heterocycles. The molecule has 0 radical (unpaired) electrons. The van der Waals surface area contributed by atoms with E-state index in [2.05, 4.69) is 15.4 Å². The molecule has 2 atom stereocenters. The first kappa shape index (κ1) is 17.6. The lowest BCUT2D eigenvalue weighted by molar-refractivity contribution is -0.116. The Balaban J connectivity index is 1.61. The fraction of sp³-hybridized carbons (Fsp3) is 0.227. The van der Waals surface area contributed by atoms with Gasteiger partial charge >= 0.3 is 0 Å². The zero-order chi connectivity index (χ0) is 20.0. The number of Topliss-reactive ketones (excluding diaryl/α,β-unsaturated/α-hetero) is 1. The van der Waals surface area contributed by atoms with Crippen LogP contribution in [0.2, 0.25) is 0 Å². The van der Waals surface area contributed by atoms with Gasteiger partial charge in [-0.15, -0.1) is 0 Å². The third-order valence-electron chi connectivity index (χ3n) is 5.64. The van der Waals surface area contributed by atoms with Crippen molar-refractivity contribution in [2.24, 2.45) is 0 Å². The van der Waals surface area contributed by atoms with Crippen LogP contribution in [0.1, 0.15) is 35.9 Å². The molecule has 29 heavy (non-hydrogen) atoms. The average molecular weight is 390 g/mol. The van der Waals surface area contributed by atoms with Crippen molar-refractivity contribution in [2.75, 3.05) is 12.4 Å². The minimum atomic E-state index is -0.401. The van der Waals surface area contributed by atoms with Crippen molar-refractivity contribution < 1.29 is 13.9 Å². The van der Waals surface area contributed by atoms with Gasteiger partial charge in [0, 0.05) is 23.3 Å². The fourth-order valence-electron chi connectivity index (χ4n) is 4.30. The molecule has 5 rings (SSSR count). The number of rotatable bonds is 3. The number of ketones is 1. The van der Waals surface area contributed by atoms with Gasteiger partial charge in [0.2, 0.25) is 5.95 Å². The molecule has 0 saturated carbocycles. The number of hydrogen-bond acceptors (Lipinski definition) is 5. The highest BCUT2D eigenvalue weighted by atomic mass is 19.1. The molecule has 0 bridgehead atoms. The first-order valence-electron chi connectivity index (χ1n) is 9.47. The first-order chi connectivity index (χ1) is 14.2. The van der Waals surface area contributed by atoms with Crippen LogP contribution >= 0.6 is 0 Å². The van der Waals surface area contributed by atoms with Gasteiger partial charge in [-0.3, -0.25) is 4.79 Å². The van der Waals surface area contributed by atoms with E-state index in [1.807, 2.05) is 24.3 Å². The van der Waals surface area contributed by atoms with Crippen molar-refractivity contribution >= 4 is 11.7 Å². The van der Waals surface area contributed by atoms with Crippen LogP contribution in [0.4, 0.5) is 10.3 Å². The summed E-state index contributed by atoms with van der Waals surface area (Å²) >= 11 is 0. The number of methoxy groups -OCH3 is 1. The van der Waals surface area contributed by atoms with Gasteiger partial charge in [-0.25, -0.2) is 9.07 Å². The largest absolute Gasteiger partial charge is 0.496 e. The zero-order valence-electron chi connectivity index (χ0n) is 15.8. The summed E-state index contributed by atoms with van der Waals surface area (Å²) in [6, 6.07) is 13.6. The van der Waals surface area contributed by atoms with Gasteiger partial charge in [-0.05, 0) is 36.1 Å². The summed E-state index contributed by atoms with van der Waals surface area (Å²) in [5.74, 6) is 1.04. The van der Waals surface area contributed by atoms with Crippen LogP contribution in [0.5, 0.6) is 5.75 Å². The zero-order valence-corrected chi connectivity index (χ0v) is 15.8. The Morgan fingerprint density at radius 3 is 2.72 bits per heavy atom. The molecule has 0 fully saturated rings. The standard InChI is InChI=1S/C22H19FN4O2/c1-29-19-5-3-2-4-16(19)21-20-17(26-22-24-12-25-27(21)22)10-14(11-18(20)28)13-6-8-15(23)9-7-13/h2-9,12,14,21H,10-11H2,1H3,(H,24,25,26). The molecule has 3 aromatic rings. The second-order valence-corrected chi connectivity index (χ2v) is 7.27.